The number of hydrogen-bond donors (Lipinski definition) is 0. The fourth-order valence-electron chi connectivity index (χ4n) is 7.96. The summed E-state index contributed by atoms with van der Waals surface area (Å²) in [4.78, 5) is 38.0. The summed E-state index contributed by atoms with van der Waals surface area (Å²) < 4.78 is 16.8. The highest BCUT2D eigenvalue weighted by Crippen LogP contribution is 2.14. The topological polar surface area (TPSA) is 78.9 Å². The number of hydrogen-bond acceptors (Lipinski definition) is 6. The number of ether oxygens (including phenoxy) is 3. The molecule has 0 heterocycles. The maximum absolute atomic E-state index is 12.8. The lowest BCUT2D eigenvalue weighted by Crippen LogP contribution is -2.30. The van der Waals surface area contributed by atoms with Crippen LogP contribution in [-0.4, -0.2) is 37.2 Å². The van der Waals surface area contributed by atoms with Crippen LogP contribution in [0.1, 0.15) is 265 Å². The Balaban J connectivity index is 4.21. The smallest absolute Gasteiger partial charge is 0.306 e. The molecule has 0 aromatic rings. The van der Waals surface area contributed by atoms with E-state index >= 15 is 0 Å². The van der Waals surface area contributed by atoms with E-state index in [1.54, 1.807) is 0 Å². The molecule has 414 valence electrons. The fourth-order valence-corrected chi connectivity index (χ4v) is 7.96. The molecule has 0 aliphatic rings. The van der Waals surface area contributed by atoms with Crippen molar-refractivity contribution in [1.29, 1.82) is 0 Å². The van der Waals surface area contributed by atoms with E-state index in [-0.39, 0.29) is 31.1 Å². The third-order valence-corrected chi connectivity index (χ3v) is 12.5. The van der Waals surface area contributed by atoms with Crippen LogP contribution >= 0.6 is 0 Å². The van der Waals surface area contributed by atoms with Crippen LogP contribution in [0.15, 0.2) is 122 Å². The molecule has 0 aliphatic heterocycles. The Morgan fingerprint density at radius 1 is 0.288 bits per heavy atom. The molecule has 0 aromatic heterocycles. The zero-order chi connectivity index (χ0) is 52.9. The molecular weight excluding hydrogens is 901 g/mol. The van der Waals surface area contributed by atoms with Crippen molar-refractivity contribution in [2.24, 2.45) is 0 Å². The van der Waals surface area contributed by atoms with Gasteiger partial charge in [-0.15, -0.1) is 0 Å². The van der Waals surface area contributed by atoms with Crippen molar-refractivity contribution >= 4 is 17.9 Å². The molecule has 0 aromatic carbocycles. The summed E-state index contributed by atoms with van der Waals surface area (Å²) in [5.41, 5.74) is 0. The molecular formula is C67H110O6. The largest absolute Gasteiger partial charge is 0.462 e. The number of allylic oxidation sites excluding steroid dienone is 20. The van der Waals surface area contributed by atoms with Crippen LogP contribution < -0.4 is 0 Å². The number of carbonyl (C=O) groups is 3. The molecule has 0 bridgehead atoms. The fraction of sp³-hybridized carbons (Fsp3) is 0.657. The highest BCUT2D eigenvalue weighted by Gasteiger charge is 2.19. The van der Waals surface area contributed by atoms with Gasteiger partial charge in [0.25, 0.3) is 0 Å². The van der Waals surface area contributed by atoms with E-state index in [0.717, 1.165) is 135 Å². The molecule has 1 unspecified atom stereocenters. The Morgan fingerprint density at radius 2 is 0.534 bits per heavy atom. The normalized spacial score (nSPS) is 13.0. The molecule has 0 saturated heterocycles. The molecule has 6 heteroatoms. The highest BCUT2D eigenvalue weighted by molar-refractivity contribution is 5.71. The summed E-state index contributed by atoms with van der Waals surface area (Å²) in [6.45, 7) is 6.44. The van der Waals surface area contributed by atoms with Gasteiger partial charge in [0.2, 0.25) is 0 Å². The average molecular weight is 1010 g/mol. The lowest BCUT2D eigenvalue weighted by atomic mass is 10.1. The molecule has 0 aliphatic carbocycles. The van der Waals surface area contributed by atoms with Crippen molar-refractivity contribution in [2.75, 3.05) is 13.2 Å². The van der Waals surface area contributed by atoms with E-state index in [1.807, 2.05) is 0 Å². The Labute approximate surface area is 450 Å². The van der Waals surface area contributed by atoms with Crippen LogP contribution in [0, 0.1) is 0 Å². The molecule has 0 N–H and O–H groups in total. The third-order valence-electron chi connectivity index (χ3n) is 12.5. The van der Waals surface area contributed by atoms with Crippen molar-refractivity contribution in [3.05, 3.63) is 122 Å². The van der Waals surface area contributed by atoms with Crippen molar-refractivity contribution in [1.82, 2.24) is 0 Å². The first-order valence-corrected chi connectivity index (χ1v) is 30.0. The molecule has 0 radical (unpaired) electrons. The molecule has 0 amide bonds. The van der Waals surface area contributed by atoms with Gasteiger partial charge in [-0.05, 0) is 116 Å². The second-order valence-electron chi connectivity index (χ2n) is 19.5. The molecule has 0 saturated carbocycles. The van der Waals surface area contributed by atoms with E-state index in [9.17, 15) is 14.4 Å². The summed E-state index contributed by atoms with van der Waals surface area (Å²) in [7, 11) is 0. The zero-order valence-electron chi connectivity index (χ0n) is 47.4. The van der Waals surface area contributed by atoms with E-state index in [1.165, 1.54) is 89.9 Å². The van der Waals surface area contributed by atoms with Gasteiger partial charge in [-0.3, -0.25) is 14.4 Å². The first-order chi connectivity index (χ1) is 36.0. The molecule has 0 rings (SSSR count). The molecule has 0 fully saturated rings. The van der Waals surface area contributed by atoms with Crippen LogP contribution in [0.5, 0.6) is 0 Å². The van der Waals surface area contributed by atoms with Gasteiger partial charge in [-0.2, -0.15) is 0 Å². The first-order valence-electron chi connectivity index (χ1n) is 30.0. The maximum atomic E-state index is 12.8. The Bertz CT molecular complexity index is 1540. The summed E-state index contributed by atoms with van der Waals surface area (Å²) in [5, 5.41) is 0. The highest BCUT2D eigenvalue weighted by atomic mass is 16.6. The van der Waals surface area contributed by atoms with Crippen molar-refractivity contribution in [2.45, 2.75) is 271 Å². The van der Waals surface area contributed by atoms with Gasteiger partial charge in [-0.25, -0.2) is 0 Å². The SMILES string of the molecule is CC/C=C\C/C=C\C/C=C\C/C=C\C/C=C\C/C=C\C/C=C\C/C=C\CCCCCCCCC(=O)OCC(COC(=O)CCCCCCCCC)OC(=O)CCCCCCCCC/C=C\C/C=C\CCCCC. The first kappa shape index (κ1) is 68.8. The van der Waals surface area contributed by atoms with Crippen LogP contribution in [0.3, 0.4) is 0 Å². The van der Waals surface area contributed by atoms with E-state index in [4.69, 9.17) is 14.2 Å². The van der Waals surface area contributed by atoms with Gasteiger partial charge in [-0.1, -0.05) is 251 Å². The van der Waals surface area contributed by atoms with Crippen LogP contribution in [-0.2, 0) is 28.6 Å². The average Bonchev–Trinajstić information content (AvgIpc) is 3.39. The summed E-state index contributed by atoms with van der Waals surface area (Å²) in [6.07, 6.45) is 83.6. The molecule has 6 nitrogen and oxygen atoms in total. The standard InChI is InChI=1S/C67H110O6/c1-4-7-10-13-16-18-20-22-24-26-27-28-29-30-31-32-33-34-35-36-37-38-39-41-42-44-46-48-51-54-57-60-66(69)72-63-64(62-71-65(68)59-56-53-50-15-12-9-6-3)73-67(70)61-58-55-52-49-47-45-43-40-25-23-21-19-17-14-11-8-5-2/h7,10,16-19,22-25,27-28,30-31,33-34,36-37,39,41,64H,4-6,8-9,11-15,20-21,26,29,32,35,38,40,42-63H2,1-3H3/b10-7-,18-16-,19-17-,24-22-,25-23-,28-27-,31-30-,34-33-,37-36-,41-39-. The van der Waals surface area contributed by atoms with Gasteiger partial charge < -0.3 is 14.2 Å². The second-order valence-corrected chi connectivity index (χ2v) is 19.5. The van der Waals surface area contributed by atoms with Crippen molar-refractivity contribution < 1.29 is 28.6 Å². The van der Waals surface area contributed by atoms with Crippen LogP contribution in [0.25, 0.3) is 0 Å². The van der Waals surface area contributed by atoms with Gasteiger partial charge in [0.1, 0.15) is 13.2 Å². The maximum Gasteiger partial charge on any atom is 0.306 e. The lowest BCUT2D eigenvalue weighted by Gasteiger charge is -2.18. The number of unbranched alkanes of at least 4 members (excludes halogenated alkanes) is 22. The molecule has 73 heavy (non-hydrogen) atoms. The summed E-state index contributed by atoms with van der Waals surface area (Å²) in [6, 6.07) is 0. The quantitative estimate of drug-likeness (QED) is 0.0261. The monoisotopic (exact) mass is 1010 g/mol. The minimum Gasteiger partial charge on any atom is -0.462 e. The Morgan fingerprint density at radius 3 is 0.863 bits per heavy atom. The predicted octanol–water partition coefficient (Wildman–Crippen LogP) is 20.4. The minimum atomic E-state index is -0.788. The Kier molecular flexibility index (Phi) is 56.9. The predicted molar refractivity (Wildman–Crippen MR) is 316 cm³/mol. The zero-order valence-corrected chi connectivity index (χ0v) is 47.4. The van der Waals surface area contributed by atoms with E-state index in [2.05, 4.69) is 142 Å². The number of rotatable bonds is 53. The number of esters is 3. The van der Waals surface area contributed by atoms with E-state index < -0.39 is 6.10 Å². The summed E-state index contributed by atoms with van der Waals surface area (Å²) >= 11 is 0. The van der Waals surface area contributed by atoms with E-state index in [0.29, 0.717) is 19.3 Å². The third kappa shape index (κ3) is 58.6. The van der Waals surface area contributed by atoms with Crippen molar-refractivity contribution in [3.63, 3.8) is 0 Å². The van der Waals surface area contributed by atoms with Gasteiger partial charge in [0.05, 0.1) is 0 Å². The lowest BCUT2D eigenvalue weighted by molar-refractivity contribution is -0.167. The second kappa shape index (κ2) is 60.4. The van der Waals surface area contributed by atoms with Gasteiger partial charge in [0.15, 0.2) is 6.10 Å². The van der Waals surface area contributed by atoms with Crippen molar-refractivity contribution in [3.8, 4) is 0 Å². The van der Waals surface area contributed by atoms with Gasteiger partial charge >= 0.3 is 17.9 Å². The molecule has 1 atom stereocenters. The van der Waals surface area contributed by atoms with Crippen LogP contribution in [0.4, 0.5) is 0 Å². The molecule has 0 spiro atoms. The van der Waals surface area contributed by atoms with Crippen LogP contribution in [0.2, 0.25) is 0 Å². The Hall–Kier alpha value is -4.19. The minimum absolute atomic E-state index is 0.0871. The van der Waals surface area contributed by atoms with Gasteiger partial charge in [0, 0.05) is 19.3 Å². The number of carbonyl (C=O) groups excluding carboxylic acids is 3. The summed E-state index contributed by atoms with van der Waals surface area (Å²) in [5.74, 6) is -0.918.